The van der Waals surface area contributed by atoms with Gasteiger partial charge in [-0.05, 0) is 97.6 Å². The van der Waals surface area contributed by atoms with E-state index in [-0.39, 0.29) is 5.41 Å². The first-order valence-corrected chi connectivity index (χ1v) is 17.1. The molecule has 0 bridgehead atoms. The largest absolute Gasteiger partial charge is 0.310 e. The van der Waals surface area contributed by atoms with Crippen LogP contribution in [0.1, 0.15) is 25.0 Å². The molecule has 1 aliphatic carbocycles. The highest BCUT2D eigenvalue weighted by Crippen LogP contribution is 2.57. The second-order valence-corrected chi connectivity index (χ2v) is 14.0. The second-order valence-electron chi connectivity index (χ2n) is 13.0. The number of rotatable bonds is 5. The molecule has 0 N–H and O–H groups in total. The zero-order chi connectivity index (χ0) is 31.5. The van der Waals surface area contributed by atoms with Gasteiger partial charge in [0.05, 0.1) is 0 Å². The van der Waals surface area contributed by atoms with Crippen LogP contribution < -0.4 is 4.90 Å². The first-order chi connectivity index (χ1) is 23.1. The van der Waals surface area contributed by atoms with Crippen LogP contribution in [-0.4, -0.2) is 0 Å². The molecular weight excluding hydrogens is 587 g/mol. The van der Waals surface area contributed by atoms with Gasteiger partial charge in [-0.3, -0.25) is 0 Å². The summed E-state index contributed by atoms with van der Waals surface area (Å²) in [5, 5.41) is 3.86. The molecule has 7 aromatic carbocycles. The zero-order valence-corrected chi connectivity index (χ0v) is 27.3. The molecule has 0 atom stereocenters. The van der Waals surface area contributed by atoms with Gasteiger partial charge in [-0.2, -0.15) is 0 Å². The Kier molecular flexibility index (Phi) is 6.41. The van der Waals surface area contributed by atoms with Crippen molar-refractivity contribution >= 4 is 49.3 Å². The van der Waals surface area contributed by atoms with E-state index in [4.69, 9.17) is 0 Å². The molecule has 0 spiro atoms. The van der Waals surface area contributed by atoms with Gasteiger partial charge in [0.25, 0.3) is 0 Å². The zero-order valence-electron chi connectivity index (χ0n) is 26.4. The summed E-state index contributed by atoms with van der Waals surface area (Å²) >= 11 is 1.93. The molecule has 0 unspecified atom stereocenters. The van der Waals surface area contributed by atoms with Crippen LogP contribution in [0.25, 0.3) is 53.6 Å². The lowest BCUT2D eigenvalue weighted by Gasteiger charge is -2.27. The summed E-state index contributed by atoms with van der Waals surface area (Å²) in [4.78, 5) is 3.79. The van der Waals surface area contributed by atoms with E-state index in [9.17, 15) is 0 Å². The van der Waals surface area contributed by atoms with Crippen LogP contribution in [-0.2, 0) is 5.41 Å². The molecule has 0 amide bonds. The van der Waals surface area contributed by atoms with Crippen molar-refractivity contribution in [2.45, 2.75) is 19.3 Å². The predicted molar refractivity (Wildman–Crippen MR) is 202 cm³/mol. The maximum Gasteiger partial charge on any atom is 0.0468 e. The first kappa shape index (κ1) is 27.8. The fraction of sp³-hybridized carbons (Fsp3) is 0.0667. The lowest BCUT2D eigenvalue weighted by molar-refractivity contribution is 0.669. The van der Waals surface area contributed by atoms with Gasteiger partial charge in [-0.1, -0.05) is 135 Å². The summed E-state index contributed by atoms with van der Waals surface area (Å²) in [6.45, 7) is 4.80. The van der Waals surface area contributed by atoms with Crippen LogP contribution in [0.3, 0.4) is 0 Å². The molecule has 0 aliphatic heterocycles. The van der Waals surface area contributed by atoms with Crippen molar-refractivity contribution in [3.63, 3.8) is 0 Å². The molecule has 0 fully saturated rings. The van der Waals surface area contributed by atoms with Gasteiger partial charge in [-0.15, -0.1) is 11.3 Å². The van der Waals surface area contributed by atoms with Crippen molar-refractivity contribution in [2.75, 3.05) is 4.90 Å². The van der Waals surface area contributed by atoms with E-state index in [1.165, 1.54) is 64.7 Å². The molecule has 8 aromatic rings. The highest BCUT2D eigenvalue weighted by molar-refractivity contribution is 7.22. The third kappa shape index (κ3) is 4.52. The van der Waals surface area contributed by atoms with Gasteiger partial charge in [-0.25, -0.2) is 0 Å². The first-order valence-electron chi connectivity index (χ1n) is 16.3. The summed E-state index contributed by atoms with van der Waals surface area (Å²) in [6, 6.07) is 59.7. The Balaban J connectivity index is 1.14. The smallest absolute Gasteiger partial charge is 0.0468 e. The van der Waals surface area contributed by atoms with Gasteiger partial charge in [0.2, 0.25) is 0 Å². The van der Waals surface area contributed by atoms with E-state index >= 15 is 0 Å². The maximum absolute atomic E-state index is 2.40. The van der Waals surface area contributed by atoms with Gasteiger partial charge < -0.3 is 4.90 Å². The van der Waals surface area contributed by atoms with Crippen LogP contribution in [0.2, 0.25) is 0 Å². The highest BCUT2D eigenvalue weighted by atomic mass is 32.1. The fourth-order valence-corrected chi connectivity index (χ4v) is 9.02. The number of thiophene rings is 1. The van der Waals surface area contributed by atoms with Crippen LogP contribution >= 0.6 is 11.3 Å². The lowest BCUT2D eigenvalue weighted by Crippen LogP contribution is -2.16. The molecule has 224 valence electrons. The van der Waals surface area contributed by atoms with Crippen molar-refractivity contribution in [3.8, 4) is 32.7 Å². The number of fused-ring (bicyclic) bond motifs is 6. The summed E-state index contributed by atoms with van der Waals surface area (Å²) < 4.78 is 1.37. The Bertz CT molecular complexity index is 2410. The summed E-state index contributed by atoms with van der Waals surface area (Å²) in [6.07, 6.45) is 0. The van der Waals surface area contributed by atoms with E-state index in [0.29, 0.717) is 0 Å². The molecule has 2 heteroatoms. The molecule has 0 radical (unpaired) electrons. The molecule has 1 aliphatic rings. The number of hydrogen-bond acceptors (Lipinski definition) is 2. The highest BCUT2D eigenvalue weighted by Gasteiger charge is 2.40. The van der Waals surface area contributed by atoms with E-state index < -0.39 is 0 Å². The molecule has 9 rings (SSSR count). The molecule has 1 heterocycles. The lowest BCUT2D eigenvalue weighted by atomic mass is 9.78. The predicted octanol–water partition coefficient (Wildman–Crippen LogP) is 13.2. The average Bonchev–Trinajstić information content (AvgIpc) is 3.63. The second kappa shape index (κ2) is 10.8. The molecule has 1 nitrogen and oxygen atoms in total. The van der Waals surface area contributed by atoms with Crippen LogP contribution in [0.4, 0.5) is 17.1 Å². The molecule has 0 saturated carbocycles. The van der Waals surface area contributed by atoms with E-state index in [1.54, 1.807) is 0 Å². The van der Waals surface area contributed by atoms with E-state index in [0.717, 1.165) is 17.1 Å². The summed E-state index contributed by atoms with van der Waals surface area (Å²) in [5.74, 6) is 0. The van der Waals surface area contributed by atoms with Crippen molar-refractivity contribution < 1.29 is 0 Å². The Morgan fingerprint density at radius 3 is 1.81 bits per heavy atom. The minimum absolute atomic E-state index is 0.0861. The minimum atomic E-state index is -0.0861. The van der Waals surface area contributed by atoms with Crippen LogP contribution in [0, 0.1) is 0 Å². The molecule has 47 heavy (non-hydrogen) atoms. The van der Waals surface area contributed by atoms with Crippen molar-refractivity contribution in [3.05, 3.63) is 175 Å². The van der Waals surface area contributed by atoms with Crippen molar-refractivity contribution in [1.82, 2.24) is 0 Å². The fourth-order valence-electron chi connectivity index (χ4n) is 7.62. The molecule has 1 aromatic heterocycles. The summed E-state index contributed by atoms with van der Waals surface area (Å²) in [5.41, 5.74) is 12.6. The van der Waals surface area contributed by atoms with E-state index in [2.05, 4.69) is 183 Å². The van der Waals surface area contributed by atoms with Gasteiger partial charge in [0.1, 0.15) is 0 Å². The minimum Gasteiger partial charge on any atom is -0.310 e. The quantitative estimate of drug-likeness (QED) is 0.185. The van der Waals surface area contributed by atoms with Gasteiger partial charge >= 0.3 is 0 Å². The Labute approximate surface area is 280 Å². The third-order valence-electron chi connectivity index (χ3n) is 9.81. The number of benzene rings is 7. The maximum atomic E-state index is 2.40. The standard InChI is InChI=1S/C45H33NS/c1-45(2)42-38(16-10-17-40(42)44-43(45)39-15-8-9-18-41(39)47-44)33-22-26-36(27-23-33)46(37-28-21-31-13-6-7-14-34(31)29-37)35-24-19-32(20-25-35)30-11-4-3-5-12-30/h3-29H,1-2H3. The van der Waals surface area contributed by atoms with Gasteiger partial charge in [0.15, 0.2) is 0 Å². The third-order valence-corrected chi connectivity index (χ3v) is 11.0. The topological polar surface area (TPSA) is 3.24 Å². The number of anilines is 3. The van der Waals surface area contributed by atoms with Crippen molar-refractivity contribution in [1.29, 1.82) is 0 Å². The Morgan fingerprint density at radius 1 is 0.447 bits per heavy atom. The monoisotopic (exact) mass is 619 g/mol. The van der Waals surface area contributed by atoms with Gasteiger partial charge in [0, 0.05) is 32.1 Å². The summed E-state index contributed by atoms with van der Waals surface area (Å²) in [7, 11) is 0. The molecular formula is C45H33NS. The van der Waals surface area contributed by atoms with Crippen molar-refractivity contribution in [2.24, 2.45) is 0 Å². The Hall–Kier alpha value is -5.44. The SMILES string of the molecule is CC1(C)c2c(-c3ccc(N(c4ccc(-c5ccccc5)cc4)c4ccc5ccccc5c4)cc3)cccc2-c2sc3ccccc3c21. The molecule has 0 saturated heterocycles. The van der Waals surface area contributed by atoms with E-state index in [1.807, 2.05) is 11.3 Å². The number of nitrogens with zero attached hydrogens (tertiary/aromatic N) is 1. The average molecular weight is 620 g/mol. The normalized spacial score (nSPS) is 13.1. The number of hydrogen-bond donors (Lipinski definition) is 0. The van der Waals surface area contributed by atoms with Crippen LogP contribution in [0.15, 0.2) is 164 Å². The van der Waals surface area contributed by atoms with Crippen LogP contribution in [0.5, 0.6) is 0 Å². The Morgan fingerprint density at radius 2 is 1.04 bits per heavy atom.